The predicted octanol–water partition coefficient (Wildman–Crippen LogP) is 0.768. The zero-order valence-corrected chi connectivity index (χ0v) is 19.2. The Bertz CT molecular complexity index is 1150. The number of anilines is 2. The summed E-state index contributed by atoms with van der Waals surface area (Å²) in [5.41, 5.74) is 7.46. The number of nitrogens with zero attached hydrogens (tertiary/aromatic N) is 8. The van der Waals surface area contributed by atoms with E-state index >= 15 is 0 Å². The van der Waals surface area contributed by atoms with Crippen LogP contribution in [0.15, 0.2) is 30.7 Å². The molecule has 2 aliphatic rings. The molecule has 0 atom stereocenters. The highest BCUT2D eigenvalue weighted by atomic mass is 16.5. The number of amides is 1. The van der Waals surface area contributed by atoms with Crippen LogP contribution in [0.5, 0.6) is 5.88 Å². The van der Waals surface area contributed by atoms with Crippen LogP contribution in [0.1, 0.15) is 23.3 Å². The fourth-order valence-corrected chi connectivity index (χ4v) is 3.99. The summed E-state index contributed by atoms with van der Waals surface area (Å²) in [6.07, 6.45) is 6.41. The standard InChI is InChI=1S/C22H27N9O3/c1-29-4-3-17(28-29)20(32)30(2)15-9-16(10-15)34-19-11-18(14-12-24-21(23)25-13-14)26-22(27-19)31-5-7-33-8-6-31/h3-4,11-13,15-16H,5-10H2,1-2H3,(H2,23,24,25). The van der Waals surface area contributed by atoms with E-state index in [-0.39, 0.29) is 24.0 Å². The van der Waals surface area contributed by atoms with Crippen molar-refractivity contribution < 1.29 is 14.3 Å². The van der Waals surface area contributed by atoms with Crippen LogP contribution >= 0.6 is 0 Å². The summed E-state index contributed by atoms with van der Waals surface area (Å²) in [6.45, 7) is 2.64. The lowest BCUT2D eigenvalue weighted by Gasteiger charge is -2.40. The maximum absolute atomic E-state index is 12.7. The van der Waals surface area contributed by atoms with Crippen molar-refractivity contribution in [2.45, 2.75) is 25.0 Å². The van der Waals surface area contributed by atoms with Crippen molar-refractivity contribution >= 4 is 17.8 Å². The molecule has 0 radical (unpaired) electrons. The Morgan fingerprint density at radius 2 is 1.94 bits per heavy atom. The second-order valence-electron chi connectivity index (χ2n) is 8.48. The van der Waals surface area contributed by atoms with E-state index in [0.717, 1.165) is 5.56 Å². The summed E-state index contributed by atoms with van der Waals surface area (Å²) in [4.78, 5) is 34.0. The van der Waals surface area contributed by atoms with E-state index in [1.165, 1.54) is 0 Å². The predicted molar refractivity (Wildman–Crippen MR) is 123 cm³/mol. The fourth-order valence-electron chi connectivity index (χ4n) is 3.99. The molecular formula is C22H27N9O3. The van der Waals surface area contributed by atoms with Gasteiger partial charge in [-0.05, 0) is 6.07 Å². The highest BCUT2D eigenvalue weighted by molar-refractivity contribution is 5.92. The van der Waals surface area contributed by atoms with Crippen molar-refractivity contribution in [3.63, 3.8) is 0 Å². The Morgan fingerprint density at radius 1 is 1.21 bits per heavy atom. The lowest BCUT2D eigenvalue weighted by atomic mass is 9.88. The van der Waals surface area contributed by atoms with Gasteiger partial charge in [-0.25, -0.2) is 15.0 Å². The number of rotatable bonds is 6. The number of morpholine rings is 1. The van der Waals surface area contributed by atoms with E-state index in [0.29, 0.717) is 62.4 Å². The normalized spacial score (nSPS) is 20.0. The molecule has 1 saturated carbocycles. The summed E-state index contributed by atoms with van der Waals surface area (Å²) in [7, 11) is 3.60. The first-order chi connectivity index (χ1) is 16.5. The van der Waals surface area contributed by atoms with E-state index in [9.17, 15) is 4.79 Å². The van der Waals surface area contributed by atoms with Crippen LogP contribution in [0.3, 0.4) is 0 Å². The van der Waals surface area contributed by atoms with E-state index < -0.39 is 0 Å². The Hall–Kier alpha value is -3.80. The van der Waals surface area contributed by atoms with Gasteiger partial charge in [0.1, 0.15) is 11.8 Å². The van der Waals surface area contributed by atoms with Crippen LogP contribution in [0.4, 0.5) is 11.9 Å². The summed E-state index contributed by atoms with van der Waals surface area (Å²) in [6, 6.07) is 3.60. The maximum atomic E-state index is 12.7. The van der Waals surface area contributed by atoms with Gasteiger partial charge in [-0.3, -0.25) is 9.48 Å². The number of ether oxygens (including phenoxy) is 2. The number of carbonyl (C=O) groups excluding carboxylic acids is 1. The minimum Gasteiger partial charge on any atom is -0.474 e. The van der Waals surface area contributed by atoms with Gasteiger partial charge in [0.05, 0.1) is 18.9 Å². The summed E-state index contributed by atoms with van der Waals surface area (Å²) >= 11 is 0. The number of hydrogen-bond donors (Lipinski definition) is 1. The van der Waals surface area contributed by atoms with Crippen LogP contribution < -0.4 is 15.4 Å². The molecule has 5 rings (SSSR count). The molecule has 2 fully saturated rings. The van der Waals surface area contributed by atoms with Crippen LogP contribution in [0, 0.1) is 0 Å². The molecule has 1 saturated heterocycles. The molecule has 1 aliphatic heterocycles. The molecule has 1 aliphatic carbocycles. The van der Waals surface area contributed by atoms with Crippen LogP contribution in [0.25, 0.3) is 11.3 Å². The topological polar surface area (TPSA) is 137 Å². The van der Waals surface area contributed by atoms with Crippen molar-refractivity contribution in [2.75, 3.05) is 44.0 Å². The average Bonchev–Trinajstić information content (AvgIpc) is 3.27. The smallest absolute Gasteiger partial charge is 0.274 e. The highest BCUT2D eigenvalue weighted by Crippen LogP contribution is 2.31. The number of hydrogen-bond acceptors (Lipinski definition) is 10. The molecule has 34 heavy (non-hydrogen) atoms. The fraction of sp³-hybridized carbons (Fsp3) is 0.455. The van der Waals surface area contributed by atoms with Gasteiger partial charge in [0.15, 0.2) is 0 Å². The monoisotopic (exact) mass is 465 g/mol. The van der Waals surface area contributed by atoms with Gasteiger partial charge < -0.3 is 25.0 Å². The zero-order chi connectivity index (χ0) is 23.7. The Labute approximate surface area is 196 Å². The van der Waals surface area contributed by atoms with Gasteiger partial charge in [0.2, 0.25) is 17.8 Å². The highest BCUT2D eigenvalue weighted by Gasteiger charge is 2.37. The van der Waals surface area contributed by atoms with Crippen molar-refractivity contribution in [1.29, 1.82) is 0 Å². The molecule has 4 heterocycles. The van der Waals surface area contributed by atoms with Crippen molar-refractivity contribution in [2.24, 2.45) is 7.05 Å². The third kappa shape index (κ3) is 4.62. The average molecular weight is 466 g/mol. The Morgan fingerprint density at radius 3 is 2.62 bits per heavy atom. The van der Waals surface area contributed by atoms with E-state index in [1.54, 1.807) is 54.4 Å². The molecule has 0 bridgehead atoms. The first-order valence-corrected chi connectivity index (χ1v) is 11.2. The number of nitrogens with two attached hydrogens (primary N) is 1. The first kappa shape index (κ1) is 22.0. The van der Waals surface area contributed by atoms with Gasteiger partial charge in [0, 0.05) is 76.3 Å². The lowest BCUT2D eigenvalue weighted by molar-refractivity contribution is 0.0232. The van der Waals surface area contributed by atoms with Crippen molar-refractivity contribution in [1.82, 2.24) is 34.6 Å². The number of nitrogen functional groups attached to an aromatic ring is 1. The molecule has 0 aromatic carbocycles. The number of carbonyl (C=O) groups is 1. The third-order valence-corrected chi connectivity index (χ3v) is 6.11. The van der Waals surface area contributed by atoms with Crippen molar-refractivity contribution in [3.05, 3.63) is 36.4 Å². The number of aryl methyl sites for hydroxylation is 1. The molecular weight excluding hydrogens is 438 g/mol. The quantitative estimate of drug-likeness (QED) is 0.555. The molecule has 12 nitrogen and oxygen atoms in total. The van der Waals surface area contributed by atoms with Gasteiger partial charge in [-0.1, -0.05) is 0 Å². The Balaban J connectivity index is 1.30. The van der Waals surface area contributed by atoms with Crippen molar-refractivity contribution in [3.8, 4) is 17.1 Å². The van der Waals surface area contributed by atoms with E-state index in [1.807, 2.05) is 0 Å². The lowest BCUT2D eigenvalue weighted by Crippen LogP contribution is -2.50. The van der Waals surface area contributed by atoms with Crippen LogP contribution in [-0.2, 0) is 11.8 Å². The number of aromatic nitrogens is 6. The molecule has 2 N–H and O–H groups in total. The summed E-state index contributed by atoms with van der Waals surface area (Å²) in [5.74, 6) is 1.16. The second-order valence-corrected chi connectivity index (χ2v) is 8.48. The minimum absolute atomic E-state index is 0.0491. The van der Waals surface area contributed by atoms with E-state index in [2.05, 4.69) is 25.0 Å². The van der Waals surface area contributed by atoms with E-state index in [4.69, 9.17) is 20.2 Å². The molecule has 0 unspecified atom stereocenters. The van der Waals surface area contributed by atoms with Gasteiger partial charge in [-0.2, -0.15) is 10.1 Å². The van der Waals surface area contributed by atoms with Gasteiger partial charge in [0.25, 0.3) is 5.91 Å². The molecule has 3 aromatic heterocycles. The third-order valence-electron chi connectivity index (χ3n) is 6.11. The second kappa shape index (κ2) is 9.21. The SMILES string of the molecule is CN(C(=O)c1ccn(C)n1)C1CC(Oc2cc(-c3cnc(N)nc3)nc(N3CCOCC3)n2)C1. The molecule has 0 spiro atoms. The van der Waals surface area contributed by atoms with Gasteiger partial charge in [-0.15, -0.1) is 0 Å². The largest absolute Gasteiger partial charge is 0.474 e. The molecule has 12 heteroatoms. The first-order valence-electron chi connectivity index (χ1n) is 11.2. The minimum atomic E-state index is -0.0914. The summed E-state index contributed by atoms with van der Waals surface area (Å²) in [5, 5.41) is 4.20. The summed E-state index contributed by atoms with van der Waals surface area (Å²) < 4.78 is 13.3. The van der Waals surface area contributed by atoms with Gasteiger partial charge >= 0.3 is 0 Å². The maximum Gasteiger partial charge on any atom is 0.274 e. The zero-order valence-electron chi connectivity index (χ0n) is 19.2. The van der Waals surface area contributed by atoms with Crippen LogP contribution in [0.2, 0.25) is 0 Å². The molecule has 3 aromatic rings. The molecule has 1 amide bonds. The van der Waals surface area contributed by atoms with Crippen LogP contribution in [-0.4, -0.2) is 86.0 Å². The molecule has 178 valence electrons. The Kier molecular flexibility index (Phi) is 5.97.